The Morgan fingerprint density at radius 3 is 2.53 bits per heavy atom. The lowest BCUT2D eigenvalue weighted by molar-refractivity contribution is 0.0952. The summed E-state index contributed by atoms with van der Waals surface area (Å²) in [5.74, 6) is -0.116. The van der Waals surface area contributed by atoms with Gasteiger partial charge in [0, 0.05) is 23.0 Å². The van der Waals surface area contributed by atoms with Crippen LogP contribution in [0.2, 0.25) is 0 Å². The zero-order valence-electron chi connectivity index (χ0n) is 12.4. The van der Waals surface area contributed by atoms with Crippen LogP contribution >= 0.6 is 0 Å². The standard InChI is InChI=1S/C10H18N4O/c1-6(2)9-12-8(10(15)11-5)13-14(9)7(3)4/h6-7H,1-5H3,(H,11,15)/i5D3. The summed E-state index contributed by atoms with van der Waals surface area (Å²) in [5, 5.41) is 5.94. The van der Waals surface area contributed by atoms with Gasteiger partial charge in [0.15, 0.2) is 0 Å². The molecular weight excluding hydrogens is 192 g/mol. The first-order valence-electron chi connectivity index (χ1n) is 6.40. The third kappa shape index (κ3) is 2.34. The van der Waals surface area contributed by atoms with Crippen LogP contribution in [0, 0.1) is 0 Å². The number of hydrogen-bond acceptors (Lipinski definition) is 3. The summed E-state index contributed by atoms with van der Waals surface area (Å²) in [5.41, 5.74) is 0. The van der Waals surface area contributed by atoms with Crippen LogP contribution in [0.25, 0.3) is 0 Å². The van der Waals surface area contributed by atoms with Gasteiger partial charge < -0.3 is 5.32 Å². The SMILES string of the molecule is [2H]C([2H])([2H])NC(=O)c1nc(C(C)C)n(C(C)C)n1. The average Bonchev–Trinajstić information content (AvgIpc) is 2.58. The maximum Gasteiger partial charge on any atom is 0.290 e. The molecule has 0 spiro atoms. The van der Waals surface area contributed by atoms with Gasteiger partial charge in [-0.15, -0.1) is 5.10 Å². The Morgan fingerprint density at radius 1 is 1.47 bits per heavy atom. The van der Waals surface area contributed by atoms with Gasteiger partial charge in [-0.2, -0.15) is 0 Å². The fourth-order valence-corrected chi connectivity index (χ4v) is 1.26. The highest BCUT2D eigenvalue weighted by Crippen LogP contribution is 2.16. The average molecular weight is 213 g/mol. The number of aromatic nitrogens is 3. The second kappa shape index (κ2) is 4.42. The molecule has 84 valence electrons. The topological polar surface area (TPSA) is 59.8 Å². The van der Waals surface area contributed by atoms with Crippen LogP contribution in [0.15, 0.2) is 0 Å². The number of nitrogens with one attached hydrogen (secondary N) is 1. The van der Waals surface area contributed by atoms with Gasteiger partial charge in [0.05, 0.1) is 0 Å². The minimum Gasteiger partial charge on any atom is -0.352 e. The molecule has 1 N–H and O–H groups in total. The molecule has 0 bridgehead atoms. The highest BCUT2D eigenvalue weighted by molar-refractivity contribution is 5.90. The number of amides is 1. The molecule has 0 aliphatic rings. The van der Waals surface area contributed by atoms with E-state index in [1.54, 1.807) is 4.68 Å². The molecule has 15 heavy (non-hydrogen) atoms. The molecule has 0 saturated carbocycles. The lowest BCUT2D eigenvalue weighted by Crippen LogP contribution is -2.19. The summed E-state index contributed by atoms with van der Waals surface area (Å²) in [6.07, 6.45) is 0. The van der Waals surface area contributed by atoms with Gasteiger partial charge in [0.1, 0.15) is 5.82 Å². The highest BCUT2D eigenvalue weighted by Gasteiger charge is 2.18. The summed E-state index contributed by atoms with van der Waals surface area (Å²) in [7, 11) is 0. The van der Waals surface area contributed by atoms with Crippen molar-refractivity contribution in [3.05, 3.63) is 11.6 Å². The highest BCUT2D eigenvalue weighted by atomic mass is 16.2. The minimum absolute atomic E-state index is 0.0595. The van der Waals surface area contributed by atoms with Gasteiger partial charge in [-0.1, -0.05) is 13.8 Å². The van der Waals surface area contributed by atoms with E-state index < -0.39 is 12.9 Å². The summed E-state index contributed by atoms with van der Waals surface area (Å²) < 4.78 is 22.6. The predicted octanol–water partition coefficient (Wildman–Crippen LogP) is 1.34. The van der Waals surface area contributed by atoms with Crippen molar-refractivity contribution in [3.63, 3.8) is 0 Å². The van der Waals surface area contributed by atoms with Gasteiger partial charge in [0.2, 0.25) is 5.82 Å². The third-order valence-corrected chi connectivity index (χ3v) is 1.98. The van der Waals surface area contributed by atoms with Crippen LogP contribution in [0.3, 0.4) is 0 Å². The van der Waals surface area contributed by atoms with E-state index in [0.29, 0.717) is 5.82 Å². The number of nitrogens with zero attached hydrogens (tertiary/aromatic N) is 3. The van der Waals surface area contributed by atoms with Crippen molar-refractivity contribution in [2.75, 3.05) is 6.98 Å². The van der Waals surface area contributed by atoms with E-state index in [4.69, 9.17) is 4.11 Å². The molecule has 1 aromatic heterocycles. The van der Waals surface area contributed by atoms with Crippen LogP contribution in [-0.2, 0) is 0 Å². The molecule has 0 aliphatic carbocycles. The maximum absolute atomic E-state index is 11.7. The van der Waals surface area contributed by atoms with Crippen LogP contribution in [0.1, 0.15) is 60.2 Å². The maximum atomic E-state index is 11.7. The van der Waals surface area contributed by atoms with Crippen molar-refractivity contribution >= 4 is 5.91 Å². The number of rotatable bonds is 3. The summed E-state index contributed by atoms with van der Waals surface area (Å²) in [6, 6.07) is 0.0595. The van der Waals surface area contributed by atoms with Crippen molar-refractivity contribution in [3.8, 4) is 0 Å². The molecular formula is C10H18N4O. The molecule has 0 aliphatic heterocycles. The monoisotopic (exact) mass is 213 g/mol. The fourth-order valence-electron chi connectivity index (χ4n) is 1.26. The molecule has 1 amide bonds. The molecule has 1 rings (SSSR count). The normalized spacial score (nSPS) is 14.9. The number of carbonyl (C=O) groups is 1. The Morgan fingerprint density at radius 2 is 2.13 bits per heavy atom. The summed E-state index contributed by atoms with van der Waals surface area (Å²) in [4.78, 5) is 15.8. The molecule has 0 fully saturated rings. The molecule has 5 heteroatoms. The Labute approximate surface area is 94.1 Å². The van der Waals surface area contributed by atoms with Gasteiger partial charge in [-0.3, -0.25) is 4.79 Å². The minimum atomic E-state index is -2.53. The number of carbonyl (C=O) groups excluding carboxylic acids is 1. The van der Waals surface area contributed by atoms with Gasteiger partial charge in [0.25, 0.3) is 5.91 Å². The molecule has 1 aromatic rings. The van der Waals surface area contributed by atoms with Crippen LogP contribution in [0.4, 0.5) is 0 Å². The quantitative estimate of drug-likeness (QED) is 0.824. The van der Waals surface area contributed by atoms with E-state index in [2.05, 4.69) is 10.1 Å². The second-order valence-electron chi connectivity index (χ2n) is 3.94. The first-order chi connectivity index (χ1) is 8.11. The molecule has 0 saturated heterocycles. The Balaban J connectivity index is 3.05. The van der Waals surface area contributed by atoms with Gasteiger partial charge in [-0.05, 0) is 13.8 Å². The first-order valence-corrected chi connectivity index (χ1v) is 4.90. The van der Waals surface area contributed by atoms with Gasteiger partial charge >= 0.3 is 0 Å². The Bertz CT molecular complexity index is 411. The predicted molar refractivity (Wildman–Crippen MR) is 57.9 cm³/mol. The Hall–Kier alpha value is -1.39. The fraction of sp³-hybridized carbons (Fsp3) is 0.700. The van der Waals surface area contributed by atoms with Crippen molar-refractivity contribution < 1.29 is 8.91 Å². The summed E-state index contributed by atoms with van der Waals surface area (Å²) >= 11 is 0. The lowest BCUT2D eigenvalue weighted by Gasteiger charge is -2.10. The number of hydrogen-bond donors (Lipinski definition) is 1. The van der Waals surface area contributed by atoms with E-state index in [9.17, 15) is 4.79 Å². The largest absolute Gasteiger partial charge is 0.352 e. The van der Waals surface area contributed by atoms with Crippen LogP contribution in [0.5, 0.6) is 0 Å². The molecule has 0 aromatic carbocycles. The van der Waals surface area contributed by atoms with Crippen LogP contribution in [-0.4, -0.2) is 27.6 Å². The second-order valence-corrected chi connectivity index (χ2v) is 3.94. The van der Waals surface area contributed by atoms with Crippen LogP contribution < -0.4 is 5.32 Å². The van der Waals surface area contributed by atoms with Crippen molar-refractivity contribution in [2.24, 2.45) is 0 Å². The molecule has 0 radical (unpaired) electrons. The van der Waals surface area contributed by atoms with E-state index in [-0.39, 0.29) is 17.8 Å². The zero-order valence-corrected chi connectivity index (χ0v) is 9.40. The van der Waals surface area contributed by atoms with Crippen molar-refractivity contribution in [1.29, 1.82) is 0 Å². The van der Waals surface area contributed by atoms with E-state index >= 15 is 0 Å². The Kier molecular flexibility index (Phi) is 2.31. The smallest absolute Gasteiger partial charge is 0.290 e. The van der Waals surface area contributed by atoms with Crippen molar-refractivity contribution in [1.82, 2.24) is 20.1 Å². The van der Waals surface area contributed by atoms with E-state index in [0.717, 1.165) is 0 Å². The molecule has 5 nitrogen and oxygen atoms in total. The lowest BCUT2D eigenvalue weighted by atomic mass is 10.2. The third-order valence-electron chi connectivity index (χ3n) is 1.98. The molecule has 1 heterocycles. The molecule has 0 unspecified atom stereocenters. The zero-order chi connectivity index (χ0) is 14.1. The first kappa shape index (κ1) is 7.84. The van der Waals surface area contributed by atoms with E-state index in [1.165, 1.54) is 0 Å². The summed E-state index contributed by atoms with van der Waals surface area (Å²) in [6.45, 7) is 5.19. The van der Waals surface area contributed by atoms with Gasteiger partial charge in [-0.25, -0.2) is 9.67 Å². The van der Waals surface area contributed by atoms with E-state index in [1.807, 2.05) is 33.0 Å². The van der Waals surface area contributed by atoms with Crippen molar-refractivity contribution in [2.45, 2.75) is 39.7 Å². The molecule has 0 atom stereocenters.